The van der Waals surface area contributed by atoms with Gasteiger partial charge in [-0.1, -0.05) is 20.3 Å². The molecule has 29 nitrogen and oxygen atoms in total. The van der Waals surface area contributed by atoms with Crippen LogP contribution in [0, 0.1) is 5.92 Å². The zero-order valence-electron chi connectivity index (χ0n) is 39.1. The first-order valence-electron chi connectivity index (χ1n) is 21.9. The Morgan fingerprint density at radius 3 is 1.42 bits per heavy atom. The number of carboxylic acids is 2. The summed E-state index contributed by atoms with van der Waals surface area (Å²) in [6.07, 6.45) is -1.15. The number of thiol groups is 2. The van der Waals surface area contributed by atoms with Crippen molar-refractivity contribution >= 4 is 102 Å². The molecule has 396 valence electrons. The molecule has 71 heavy (non-hydrogen) atoms. The summed E-state index contributed by atoms with van der Waals surface area (Å²) in [6.45, 7) is 4.36. The highest BCUT2D eigenvalue weighted by Crippen LogP contribution is 2.12. The molecule has 0 aromatic carbocycles. The van der Waals surface area contributed by atoms with Crippen LogP contribution in [0.15, 0.2) is 12.5 Å². The van der Waals surface area contributed by atoms with Gasteiger partial charge in [0.15, 0.2) is 0 Å². The summed E-state index contributed by atoms with van der Waals surface area (Å²) in [4.78, 5) is 173. The van der Waals surface area contributed by atoms with Crippen LogP contribution in [-0.2, 0) is 68.7 Å². The van der Waals surface area contributed by atoms with Gasteiger partial charge in [-0.15, -0.1) is 0 Å². The number of nitrogens with two attached hydrogens (primary N) is 4. The number of primary amides is 3. The van der Waals surface area contributed by atoms with Crippen molar-refractivity contribution in [3.05, 3.63) is 18.2 Å². The van der Waals surface area contributed by atoms with Crippen molar-refractivity contribution in [2.45, 2.75) is 133 Å². The highest BCUT2D eigenvalue weighted by atomic mass is 32.1. The molecule has 0 bridgehead atoms. The number of aromatic amines is 1. The summed E-state index contributed by atoms with van der Waals surface area (Å²) in [6, 6.07) is -13.9. The van der Waals surface area contributed by atoms with Gasteiger partial charge in [0.1, 0.15) is 48.3 Å². The number of hydrogen-bond donors (Lipinski definition) is 17. The van der Waals surface area contributed by atoms with Gasteiger partial charge < -0.3 is 80.7 Å². The molecule has 31 heteroatoms. The van der Waals surface area contributed by atoms with Crippen LogP contribution in [0.25, 0.3) is 0 Å². The number of rotatable bonds is 34. The summed E-state index contributed by atoms with van der Waals surface area (Å²) >= 11 is 7.81. The molecule has 0 saturated carbocycles. The lowest BCUT2D eigenvalue weighted by molar-refractivity contribution is -0.143. The van der Waals surface area contributed by atoms with Crippen LogP contribution >= 0.6 is 25.3 Å². The quantitative estimate of drug-likeness (QED) is 0.0285. The lowest BCUT2D eigenvalue weighted by Crippen LogP contribution is -2.61. The van der Waals surface area contributed by atoms with E-state index in [4.69, 9.17) is 22.9 Å². The maximum absolute atomic E-state index is 14.2. The predicted molar refractivity (Wildman–Crippen MR) is 254 cm³/mol. The minimum Gasteiger partial charge on any atom is -0.481 e. The summed E-state index contributed by atoms with van der Waals surface area (Å²) in [5.41, 5.74) is 21.7. The van der Waals surface area contributed by atoms with Crippen molar-refractivity contribution in [1.29, 1.82) is 0 Å². The van der Waals surface area contributed by atoms with Gasteiger partial charge in [-0.2, -0.15) is 25.3 Å². The molecule has 10 atom stereocenters. The third-order valence-corrected chi connectivity index (χ3v) is 11.2. The second kappa shape index (κ2) is 31.3. The monoisotopic (exact) mass is 1040 g/mol. The Kier molecular flexibility index (Phi) is 27.3. The van der Waals surface area contributed by atoms with Gasteiger partial charge in [0.2, 0.25) is 65.0 Å². The summed E-state index contributed by atoms with van der Waals surface area (Å²) < 4.78 is 0. The van der Waals surface area contributed by atoms with E-state index >= 15 is 0 Å². The van der Waals surface area contributed by atoms with Crippen LogP contribution in [0.5, 0.6) is 0 Å². The van der Waals surface area contributed by atoms with Crippen molar-refractivity contribution in [3.8, 4) is 0 Å². The summed E-state index contributed by atoms with van der Waals surface area (Å²) in [5, 5.41) is 37.7. The van der Waals surface area contributed by atoms with Gasteiger partial charge in [-0.05, 0) is 32.1 Å². The van der Waals surface area contributed by atoms with Crippen molar-refractivity contribution < 1.29 is 72.5 Å². The smallest absolute Gasteiger partial charge is 0.327 e. The van der Waals surface area contributed by atoms with Crippen molar-refractivity contribution in [2.75, 3.05) is 11.5 Å². The van der Waals surface area contributed by atoms with Gasteiger partial charge in [-0.3, -0.25) is 57.5 Å². The molecule has 0 radical (unpaired) electrons. The molecule has 0 aliphatic heterocycles. The molecule has 1 heterocycles. The number of nitrogens with one attached hydrogen (secondary N) is 9. The lowest BCUT2D eigenvalue weighted by Gasteiger charge is -2.29. The fourth-order valence-electron chi connectivity index (χ4n) is 6.13. The maximum Gasteiger partial charge on any atom is 0.327 e. The second-order valence-corrected chi connectivity index (χ2v) is 16.9. The average molecular weight is 1050 g/mol. The number of hydrogen-bond acceptors (Lipinski definition) is 17. The van der Waals surface area contributed by atoms with E-state index in [1.807, 2.05) is 0 Å². The number of carbonyl (C=O) groups excluding carboxylic acids is 11. The highest BCUT2D eigenvalue weighted by Gasteiger charge is 2.37. The molecule has 0 saturated heterocycles. The third-order valence-electron chi connectivity index (χ3n) is 10.4. The normalized spacial score (nSPS) is 15.1. The van der Waals surface area contributed by atoms with E-state index in [0.29, 0.717) is 0 Å². The first-order valence-corrected chi connectivity index (χ1v) is 23.2. The predicted octanol–water partition coefficient (Wildman–Crippen LogP) is -6.56. The molecule has 0 unspecified atom stereocenters. The SMILES string of the molecule is CC[C@H](C)[C@H](NC(=O)[C@H](Cc1cnc[nH]1)NC(=O)[C@H](CCC(N)=O)NC(=O)[C@H](C)NC(=O)[C@H](CCC(N)=O)NC(=O)[C@@H](N)CS)C(=O)N[C@@H](CC(=O)O)C(=O)N[C@@H](CCC(N)=O)C(=O)N[C@@H](CS)C(=O)O. The number of carboxylic acid groups (broad SMARTS) is 2. The van der Waals surface area contributed by atoms with E-state index < -0.39 is 169 Å². The van der Waals surface area contributed by atoms with Crippen LogP contribution in [0.3, 0.4) is 0 Å². The highest BCUT2D eigenvalue weighted by molar-refractivity contribution is 7.80. The molecule has 1 rings (SSSR count). The van der Waals surface area contributed by atoms with E-state index in [0.717, 1.165) is 0 Å². The standard InChI is InChI=1S/C40H64N14O15S2/c1-4-17(2)31(39(67)52-25(12-30(58)59)37(65)50-23(7-10-29(44)57)36(64)53-26(15-71)40(68)69)54-38(66)24(11-19-13-45-16-46-19)51-35(63)22(6-9-28(43)56)48-32(60)18(3)47-34(62)21(5-8-27(42)55)49-33(61)20(41)14-70/h13,16-18,20-26,31,70-71H,4-12,14-15,41H2,1-3H3,(H2,42,55)(H2,43,56)(H2,44,57)(H,45,46)(H,47,62)(H,48,60)(H,49,61)(H,50,65)(H,51,63)(H,52,67)(H,53,64)(H,54,66)(H,58,59)(H,68,69)/t17-,18-,20-,21-,22-,23-,24-,25-,26-,31-/m0/s1. The molecule has 0 aliphatic rings. The van der Waals surface area contributed by atoms with E-state index in [1.54, 1.807) is 6.92 Å². The summed E-state index contributed by atoms with van der Waals surface area (Å²) in [7, 11) is 0. The number of amides is 11. The zero-order valence-corrected chi connectivity index (χ0v) is 40.8. The van der Waals surface area contributed by atoms with Crippen LogP contribution in [0.1, 0.15) is 77.8 Å². The fourth-order valence-corrected chi connectivity index (χ4v) is 6.55. The average Bonchev–Trinajstić information content (AvgIpc) is 3.82. The van der Waals surface area contributed by atoms with E-state index in [9.17, 15) is 72.5 Å². The van der Waals surface area contributed by atoms with Gasteiger partial charge >= 0.3 is 11.9 Å². The van der Waals surface area contributed by atoms with E-state index in [1.165, 1.54) is 26.4 Å². The van der Waals surface area contributed by atoms with E-state index in [-0.39, 0.29) is 42.9 Å². The molecular weight excluding hydrogens is 981 g/mol. The minimum atomic E-state index is -1.94. The molecule has 1 aromatic rings. The Labute approximate surface area is 417 Å². The van der Waals surface area contributed by atoms with Crippen LogP contribution in [-0.4, -0.2) is 163 Å². The van der Waals surface area contributed by atoms with Crippen LogP contribution in [0.2, 0.25) is 0 Å². The third kappa shape index (κ3) is 23.0. The fraction of sp³-hybridized carbons (Fsp3) is 0.600. The molecular formula is C40H64N14O15S2. The van der Waals surface area contributed by atoms with Gasteiger partial charge in [0, 0.05) is 49.1 Å². The molecule has 11 amide bonds. The first kappa shape index (κ1) is 62.0. The number of aromatic nitrogens is 2. The number of H-pyrrole nitrogens is 1. The van der Waals surface area contributed by atoms with Gasteiger partial charge in [0.05, 0.1) is 18.8 Å². The lowest BCUT2D eigenvalue weighted by atomic mass is 9.96. The Morgan fingerprint density at radius 2 is 1.00 bits per heavy atom. The first-order chi connectivity index (χ1) is 33.2. The number of carbonyl (C=O) groups is 13. The topological polar surface area (TPSA) is 491 Å². The van der Waals surface area contributed by atoms with Gasteiger partial charge in [-0.25, -0.2) is 9.78 Å². The number of imidazole rings is 1. The molecule has 1 aromatic heterocycles. The minimum absolute atomic E-state index is 0.0952. The van der Waals surface area contributed by atoms with Crippen molar-refractivity contribution in [2.24, 2.45) is 28.9 Å². The molecule has 19 N–H and O–H groups in total. The van der Waals surface area contributed by atoms with Crippen LogP contribution < -0.4 is 65.5 Å². The van der Waals surface area contributed by atoms with Crippen molar-refractivity contribution in [3.63, 3.8) is 0 Å². The second-order valence-electron chi connectivity index (χ2n) is 16.2. The maximum atomic E-state index is 14.2. The van der Waals surface area contributed by atoms with E-state index in [2.05, 4.69) is 77.8 Å². The largest absolute Gasteiger partial charge is 0.481 e. The molecule has 0 aliphatic carbocycles. The number of nitrogens with zero attached hydrogens (tertiary/aromatic N) is 1. The Morgan fingerprint density at radius 1 is 0.577 bits per heavy atom. The summed E-state index contributed by atoms with van der Waals surface area (Å²) in [5.74, 6) is -15.2. The number of aliphatic carboxylic acids is 2. The Balaban J connectivity index is 3.48. The zero-order chi connectivity index (χ0) is 54.1. The van der Waals surface area contributed by atoms with Gasteiger partial charge in [0.25, 0.3) is 0 Å². The molecule has 0 spiro atoms. The van der Waals surface area contributed by atoms with Crippen molar-refractivity contribution in [1.82, 2.24) is 52.5 Å². The van der Waals surface area contributed by atoms with Crippen LogP contribution in [0.4, 0.5) is 0 Å². The Bertz CT molecular complexity index is 2080. The molecule has 0 fully saturated rings. The Hall–Kier alpha value is -7.02.